The van der Waals surface area contributed by atoms with Crippen LogP contribution in [0.25, 0.3) is 0 Å². The first-order valence-electron chi connectivity index (χ1n) is 7.80. The van der Waals surface area contributed by atoms with Crippen LogP contribution in [-0.4, -0.2) is 66.3 Å². The van der Waals surface area contributed by atoms with E-state index >= 15 is 0 Å². The molecule has 0 aromatic rings. The predicted molar refractivity (Wildman–Crippen MR) is 79.9 cm³/mol. The van der Waals surface area contributed by atoms with Crippen molar-refractivity contribution in [2.75, 3.05) is 32.7 Å². The Hall–Kier alpha value is -0.810. The van der Waals surface area contributed by atoms with E-state index < -0.39 is 5.60 Å². The van der Waals surface area contributed by atoms with E-state index in [-0.39, 0.29) is 6.09 Å². The molecule has 116 valence electrons. The summed E-state index contributed by atoms with van der Waals surface area (Å²) < 4.78 is 5.35. The molecule has 2 aliphatic heterocycles. The number of rotatable bonds is 4. The normalized spacial score (nSPS) is 22.7. The van der Waals surface area contributed by atoms with Crippen molar-refractivity contribution < 1.29 is 9.53 Å². The third-order valence-electron chi connectivity index (χ3n) is 4.00. The molecule has 5 nitrogen and oxygen atoms in total. The van der Waals surface area contributed by atoms with E-state index in [0.717, 1.165) is 19.6 Å². The largest absolute Gasteiger partial charge is 0.444 e. The zero-order valence-electron chi connectivity index (χ0n) is 13.3. The quantitative estimate of drug-likeness (QED) is 0.852. The van der Waals surface area contributed by atoms with E-state index in [0.29, 0.717) is 12.1 Å². The summed E-state index contributed by atoms with van der Waals surface area (Å²) in [5, 5.41) is 3.55. The monoisotopic (exact) mass is 283 g/mol. The van der Waals surface area contributed by atoms with Gasteiger partial charge in [0.05, 0.1) is 0 Å². The zero-order valence-corrected chi connectivity index (χ0v) is 13.3. The highest BCUT2D eigenvalue weighted by Gasteiger charge is 2.33. The number of hydrogen-bond acceptors (Lipinski definition) is 4. The Labute approximate surface area is 122 Å². The maximum atomic E-state index is 11.8. The van der Waals surface area contributed by atoms with Gasteiger partial charge in [0.15, 0.2) is 0 Å². The maximum Gasteiger partial charge on any atom is 0.410 e. The van der Waals surface area contributed by atoms with Crippen LogP contribution < -0.4 is 5.32 Å². The first-order valence-corrected chi connectivity index (χ1v) is 7.80. The molecule has 0 saturated carbocycles. The minimum Gasteiger partial charge on any atom is -0.444 e. The molecular weight excluding hydrogens is 254 g/mol. The lowest BCUT2D eigenvalue weighted by Gasteiger charge is -2.41. The van der Waals surface area contributed by atoms with Crippen LogP contribution in [0.1, 0.15) is 40.5 Å². The van der Waals surface area contributed by atoms with Crippen LogP contribution in [0, 0.1) is 0 Å². The molecule has 0 aromatic carbocycles. The highest BCUT2D eigenvalue weighted by Crippen LogP contribution is 2.16. The van der Waals surface area contributed by atoms with Crippen molar-refractivity contribution in [3.8, 4) is 0 Å². The predicted octanol–water partition coefficient (Wildman–Crippen LogP) is 1.68. The van der Waals surface area contributed by atoms with Gasteiger partial charge in [-0.1, -0.05) is 0 Å². The lowest BCUT2D eigenvalue weighted by Crippen LogP contribution is -2.61. The summed E-state index contributed by atoms with van der Waals surface area (Å²) in [6.45, 7) is 13.0. The Bertz CT molecular complexity index is 329. The molecule has 0 bridgehead atoms. The van der Waals surface area contributed by atoms with Crippen molar-refractivity contribution >= 4 is 6.09 Å². The Kier molecular flexibility index (Phi) is 4.91. The molecule has 1 N–H and O–H groups in total. The van der Waals surface area contributed by atoms with Gasteiger partial charge in [-0.05, 0) is 53.6 Å². The molecule has 0 spiro atoms. The third kappa shape index (κ3) is 4.35. The average molecular weight is 283 g/mol. The molecule has 2 fully saturated rings. The Morgan fingerprint density at radius 3 is 2.45 bits per heavy atom. The first-order chi connectivity index (χ1) is 9.35. The highest BCUT2D eigenvalue weighted by molar-refractivity contribution is 5.69. The van der Waals surface area contributed by atoms with Crippen LogP contribution in [0.3, 0.4) is 0 Å². The lowest BCUT2D eigenvalue weighted by atomic mass is 10.1. The summed E-state index contributed by atoms with van der Waals surface area (Å²) in [6, 6.07) is 1.01. The molecule has 0 aliphatic carbocycles. The van der Waals surface area contributed by atoms with Crippen LogP contribution in [0.15, 0.2) is 0 Å². The number of carbonyl (C=O) groups excluding carboxylic acids is 1. The molecule has 2 aliphatic rings. The van der Waals surface area contributed by atoms with Gasteiger partial charge < -0.3 is 15.0 Å². The molecule has 2 heterocycles. The Balaban J connectivity index is 1.60. The van der Waals surface area contributed by atoms with Gasteiger partial charge in [-0.3, -0.25) is 4.90 Å². The summed E-state index contributed by atoms with van der Waals surface area (Å²) in [6.07, 6.45) is 2.48. The molecular formula is C15H29N3O2. The molecule has 20 heavy (non-hydrogen) atoms. The third-order valence-corrected chi connectivity index (χ3v) is 4.00. The number of ether oxygens (including phenoxy) is 1. The number of hydrogen-bond donors (Lipinski definition) is 1. The number of carbonyl (C=O) groups is 1. The molecule has 0 aromatic heterocycles. The Morgan fingerprint density at radius 1 is 1.30 bits per heavy atom. The van der Waals surface area contributed by atoms with Gasteiger partial charge in [0.25, 0.3) is 0 Å². The summed E-state index contributed by atoms with van der Waals surface area (Å²) >= 11 is 0. The standard InChI is InChI=1S/C15H29N3O2/c1-12(17-7-5-6-8-17)9-16-13-10-18(11-13)14(19)20-15(2,3)4/h12-13,16H,5-11H2,1-4H3. The number of amides is 1. The van der Waals surface area contributed by atoms with Gasteiger partial charge in [-0.2, -0.15) is 0 Å². The second-order valence-electron chi connectivity index (χ2n) is 7.08. The van der Waals surface area contributed by atoms with Crippen LogP contribution >= 0.6 is 0 Å². The van der Waals surface area contributed by atoms with Crippen molar-refractivity contribution in [2.45, 2.75) is 58.2 Å². The number of nitrogens with one attached hydrogen (secondary N) is 1. The minimum absolute atomic E-state index is 0.192. The topological polar surface area (TPSA) is 44.8 Å². The van der Waals surface area contributed by atoms with E-state index in [4.69, 9.17) is 4.74 Å². The van der Waals surface area contributed by atoms with Gasteiger partial charge in [-0.25, -0.2) is 4.79 Å². The first kappa shape index (κ1) is 15.6. The van der Waals surface area contributed by atoms with Gasteiger partial charge in [-0.15, -0.1) is 0 Å². The zero-order chi connectivity index (χ0) is 14.8. The summed E-state index contributed by atoms with van der Waals surface area (Å²) in [4.78, 5) is 16.1. The SMILES string of the molecule is CC(CNC1CN(C(=O)OC(C)(C)C)C1)N1CCCC1. The summed E-state index contributed by atoms with van der Waals surface area (Å²) in [7, 11) is 0. The van der Waals surface area contributed by atoms with E-state index in [1.165, 1.54) is 25.9 Å². The molecule has 2 rings (SSSR count). The van der Waals surface area contributed by atoms with Crippen LogP contribution in [-0.2, 0) is 4.74 Å². The smallest absolute Gasteiger partial charge is 0.410 e. The molecule has 5 heteroatoms. The van der Waals surface area contributed by atoms with E-state index in [2.05, 4.69) is 17.1 Å². The van der Waals surface area contributed by atoms with Gasteiger partial charge in [0.2, 0.25) is 0 Å². The molecule has 0 radical (unpaired) electrons. The summed E-state index contributed by atoms with van der Waals surface area (Å²) in [5.74, 6) is 0. The van der Waals surface area contributed by atoms with E-state index in [1.54, 1.807) is 4.90 Å². The molecule has 1 atom stereocenters. The van der Waals surface area contributed by atoms with Crippen LogP contribution in [0.4, 0.5) is 4.79 Å². The average Bonchev–Trinajstić information content (AvgIpc) is 2.77. The lowest BCUT2D eigenvalue weighted by molar-refractivity contribution is 0.00484. The van der Waals surface area contributed by atoms with Gasteiger partial charge in [0.1, 0.15) is 5.60 Å². The second kappa shape index (κ2) is 6.31. The van der Waals surface area contributed by atoms with Crippen molar-refractivity contribution in [3.63, 3.8) is 0 Å². The van der Waals surface area contributed by atoms with Crippen molar-refractivity contribution in [1.82, 2.24) is 15.1 Å². The van der Waals surface area contributed by atoms with E-state index in [1.807, 2.05) is 20.8 Å². The minimum atomic E-state index is -0.403. The van der Waals surface area contributed by atoms with Gasteiger partial charge >= 0.3 is 6.09 Å². The van der Waals surface area contributed by atoms with Crippen molar-refractivity contribution in [3.05, 3.63) is 0 Å². The maximum absolute atomic E-state index is 11.8. The van der Waals surface area contributed by atoms with Crippen LogP contribution in [0.5, 0.6) is 0 Å². The van der Waals surface area contributed by atoms with Crippen molar-refractivity contribution in [1.29, 1.82) is 0 Å². The summed E-state index contributed by atoms with van der Waals surface area (Å²) in [5.41, 5.74) is -0.403. The fourth-order valence-corrected chi connectivity index (χ4v) is 2.73. The van der Waals surface area contributed by atoms with Crippen molar-refractivity contribution in [2.24, 2.45) is 0 Å². The molecule has 1 unspecified atom stereocenters. The highest BCUT2D eigenvalue weighted by atomic mass is 16.6. The second-order valence-corrected chi connectivity index (χ2v) is 7.08. The fraction of sp³-hybridized carbons (Fsp3) is 0.933. The van der Waals surface area contributed by atoms with Gasteiger partial charge in [0, 0.05) is 31.7 Å². The fourth-order valence-electron chi connectivity index (χ4n) is 2.73. The number of nitrogens with zero attached hydrogens (tertiary/aromatic N) is 2. The van der Waals surface area contributed by atoms with Crippen LogP contribution in [0.2, 0.25) is 0 Å². The van der Waals surface area contributed by atoms with E-state index in [9.17, 15) is 4.79 Å². The Morgan fingerprint density at radius 2 is 1.90 bits per heavy atom. The molecule has 2 saturated heterocycles. The molecule has 1 amide bonds. The number of likely N-dealkylation sites (tertiary alicyclic amines) is 2.